The van der Waals surface area contributed by atoms with Crippen LogP contribution in [0.1, 0.15) is 11.1 Å². The number of benzene rings is 1. The van der Waals surface area contributed by atoms with Crippen molar-refractivity contribution in [2.45, 2.75) is 6.32 Å². The van der Waals surface area contributed by atoms with E-state index in [1.807, 2.05) is 18.2 Å². The monoisotopic (exact) mass is 190 g/mol. The number of hydrogen-bond donors (Lipinski definition) is 0. The van der Waals surface area contributed by atoms with E-state index in [1.165, 1.54) is 5.56 Å². The fourth-order valence-corrected chi connectivity index (χ4v) is 1.33. The summed E-state index contributed by atoms with van der Waals surface area (Å²) < 4.78 is 10.3. The van der Waals surface area contributed by atoms with Gasteiger partial charge in [0.1, 0.15) is 19.4 Å². The molecule has 3 heteroatoms. The Labute approximate surface area is 85.9 Å². The van der Waals surface area contributed by atoms with Crippen LogP contribution in [0, 0.1) is 0 Å². The Morgan fingerprint density at radius 2 is 2.14 bits per heavy atom. The molecule has 0 atom stereocenters. The summed E-state index contributed by atoms with van der Waals surface area (Å²) in [6.45, 7) is 3.80. The summed E-state index contributed by atoms with van der Waals surface area (Å²) in [5, 5.41) is 0. The van der Waals surface area contributed by atoms with Gasteiger partial charge in [0, 0.05) is 5.56 Å². The zero-order valence-electron chi connectivity index (χ0n) is 8.96. The third-order valence-electron chi connectivity index (χ3n) is 2.24. The van der Waals surface area contributed by atoms with E-state index in [9.17, 15) is 0 Å². The molecular formula is C11H15BO2. The molecule has 0 aliphatic carbocycles. The summed E-state index contributed by atoms with van der Waals surface area (Å²) in [5.41, 5.74) is 2.15. The summed E-state index contributed by atoms with van der Waals surface area (Å²) in [6.07, 6.45) is 0.961. The Kier molecular flexibility index (Phi) is 3.63. The van der Waals surface area contributed by atoms with Crippen molar-refractivity contribution in [1.82, 2.24) is 0 Å². The molecule has 1 aromatic rings. The van der Waals surface area contributed by atoms with Crippen LogP contribution in [0.5, 0.6) is 5.75 Å². The van der Waals surface area contributed by atoms with Crippen LogP contribution in [0.15, 0.2) is 24.8 Å². The fraction of sp³-hybridized carbons (Fsp3) is 0.273. The second-order valence-electron chi connectivity index (χ2n) is 3.01. The van der Waals surface area contributed by atoms with Crippen molar-refractivity contribution in [2.75, 3.05) is 14.2 Å². The van der Waals surface area contributed by atoms with Crippen molar-refractivity contribution >= 4 is 13.6 Å². The van der Waals surface area contributed by atoms with Gasteiger partial charge in [0.2, 0.25) is 0 Å². The molecule has 14 heavy (non-hydrogen) atoms. The minimum absolute atomic E-state index is 0.658. The van der Waals surface area contributed by atoms with Crippen LogP contribution < -0.4 is 4.74 Å². The molecule has 0 amide bonds. The minimum atomic E-state index is 0.658. The van der Waals surface area contributed by atoms with Gasteiger partial charge < -0.3 is 9.47 Å². The standard InChI is InChI=1S/C11H15BO2/c1-8(13-2)9-4-5-10(7-12)11(6-9)14-3/h4-6H,1,7,12H2,2-3H3. The molecule has 0 radical (unpaired) electrons. The Balaban J connectivity index is 3.07. The molecule has 1 rings (SSSR count). The van der Waals surface area contributed by atoms with Crippen LogP contribution in [0.4, 0.5) is 0 Å². The van der Waals surface area contributed by atoms with E-state index in [0.717, 1.165) is 17.6 Å². The molecular weight excluding hydrogens is 175 g/mol. The van der Waals surface area contributed by atoms with Crippen LogP contribution in [0.25, 0.3) is 5.76 Å². The van der Waals surface area contributed by atoms with Gasteiger partial charge in [0.15, 0.2) is 0 Å². The summed E-state index contributed by atoms with van der Waals surface area (Å²) in [4.78, 5) is 0. The van der Waals surface area contributed by atoms with Crippen molar-refractivity contribution in [3.63, 3.8) is 0 Å². The van der Waals surface area contributed by atoms with Gasteiger partial charge in [0.05, 0.1) is 14.2 Å². The molecule has 0 spiro atoms. The zero-order valence-corrected chi connectivity index (χ0v) is 8.96. The summed E-state index contributed by atoms with van der Waals surface area (Å²) in [6, 6.07) is 5.98. The van der Waals surface area contributed by atoms with Crippen LogP contribution in [-0.4, -0.2) is 22.1 Å². The SMILES string of the molecule is BCc1ccc(C(=C)OC)cc1OC. The van der Waals surface area contributed by atoms with Gasteiger partial charge in [-0.05, 0) is 11.6 Å². The van der Waals surface area contributed by atoms with Crippen molar-refractivity contribution in [3.05, 3.63) is 35.9 Å². The number of rotatable bonds is 4. The van der Waals surface area contributed by atoms with Crippen molar-refractivity contribution < 1.29 is 9.47 Å². The second kappa shape index (κ2) is 4.75. The summed E-state index contributed by atoms with van der Waals surface area (Å²) in [5.74, 6) is 1.55. The number of ether oxygens (including phenoxy) is 2. The van der Waals surface area contributed by atoms with Crippen LogP contribution in [0.3, 0.4) is 0 Å². The second-order valence-corrected chi connectivity index (χ2v) is 3.01. The van der Waals surface area contributed by atoms with Gasteiger partial charge in [0.25, 0.3) is 0 Å². The maximum absolute atomic E-state index is 5.27. The van der Waals surface area contributed by atoms with Crippen LogP contribution in [0.2, 0.25) is 0 Å². The third-order valence-corrected chi connectivity index (χ3v) is 2.24. The van der Waals surface area contributed by atoms with E-state index < -0.39 is 0 Å². The highest BCUT2D eigenvalue weighted by Gasteiger charge is 2.04. The molecule has 2 nitrogen and oxygen atoms in total. The Hall–Kier alpha value is -1.38. The predicted octanol–water partition coefficient (Wildman–Crippen LogP) is 1.45. The first kappa shape index (κ1) is 10.7. The van der Waals surface area contributed by atoms with Crippen molar-refractivity contribution in [2.24, 2.45) is 0 Å². The number of methoxy groups -OCH3 is 2. The van der Waals surface area contributed by atoms with E-state index >= 15 is 0 Å². The Morgan fingerprint density at radius 3 is 2.64 bits per heavy atom. The maximum atomic E-state index is 5.27. The summed E-state index contributed by atoms with van der Waals surface area (Å²) >= 11 is 0. The lowest BCUT2D eigenvalue weighted by atomic mass is 9.95. The molecule has 0 aromatic heterocycles. The van der Waals surface area contributed by atoms with E-state index in [-0.39, 0.29) is 0 Å². The van der Waals surface area contributed by atoms with Crippen molar-refractivity contribution in [3.8, 4) is 5.75 Å². The van der Waals surface area contributed by atoms with Gasteiger partial charge in [-0.3, -0.25) is 0 Å². The van der Waals surface area contributed by atoms with E-state index in [0.29, 0.717) is 5.76 Å². The van der Waals surface area contributed by atoms with E-state index in [2.05, 4.69) is 14.4 Å². The van der Waals surface area contributed by atoms with Crippen molar-refractivity contribution in [1.29, 1.82) is 0 Å². The van der Waals surface area contributed by atoms with Gasteiger partial charge in [-0.15, -0.1) is 0 Å². The van der Waals surface area contributed by atoms with Gasteiger partial charge >= 0.3 is 0 Å². The molecule has 0 saturated carbocycles. The maximum Gasteiger partial charge on any atom is 0.122 e. The molecule has 0 unspecified atom stereocenters. The largest absolute Gasteiger partial charge is 0.497 e. The van der Waals surface area contributed by atoms with Crippen LogP contribution in [-0.2, 0) is 11.1 Å². The average Bonchev–Trinajstić information content (AvgIpc) is 2.26. The van der Waals surface area contributed by atoms with Gasteiger partial charge in [-0.25, -0.2) is 0 Å². The highest BCUT2D eigenvalue weighted by Crippen LogP contribution is 2.23. The zero-order chi connectivity index (χ0) is 10.6. The predicted molar refractivity (Wildman–Crippen MR) is 61.3 cm³/mol. The first-order valence-corrected chi connectivity index (χ1v) is 4.63. The highest BCUT2D eigenvalue weighted by atomic mass is 16.5. The molecule has 0 aliphatic rings. The molecule has 0 aliphatic heterocycles. The van der Waals surface area contributed by atoms with E-state index in [1.54, 1.807) is 14.2 Å². The average molecular weight is 190 g/mol. The number of hydrogen-bond acceptors (Lipinski definition) is 2. The third kappa shape index (κ3) is 2.10. The molecule has 0 saturated heterocycles. The van der Waals surface area contributed by atoms with E-state index in [4.69, 9.17) is 9.47 Å². The normalized spacial score (nSPS) is 9.57. The smallest absolute Gasteiger partial charge is 0.122 e. The van der Waals surface area contributed by atoms with Gasteiger partial charge in [-0.2, -0.15) is 0 Å². The topological polar surface area (TPSA) is 18.5 Å². The highest BCUT2D eigenvalue weighted by molar-refractivity contribution is 6.08. The Bertz CT molecular complexity index is 334. The minimum Gasteiger partial charge on any atom is -0.497 e. The molecule has 74 valence electrons. The van der Waals surface area contributed by atoms with Gasteiger partial charge in [-0.1, -0.05) is 25.0 Å². The molecule has 1 aromatic carbocycles. The lowest BCUT2D eigenvalue weighted by molar-refractivity contribution is 0.370. The molecule has 0 bridgehead atoms. The first-order chi connectivity index (χ1) is 6.72. The molecule has 0 fully saturated rings. The first-order valence-electron chi connectivity index (χ1n) is 4.63. The lowest BCUT2D eigenvalue weighted by Crippen LogP contribution is -1.94. The summed E-state index contributed by atoms with van der Waals surface area (Å²) in [7, 11) is 5.39. The fourth-order valence-electron chi connectivity index (χ4n) is 1.33. The lowest BCUT2D eigenvalue weighted by Gasteiger charge is -2.10. The molecule has 0 heterocycles. The molecule has 0 N–H and O–H groups in total. The quantitative estimate of drug-likeness (QED) is 0.528. The Morgan fingerprint density at radius 1 is 1.43 bits per heavy atom. The van der Waals surface area contributed by atoms with Crippen LogP contribution >= 0.6 is 0 Å².